The Labute approximate surface area is 412 Å². The number of hydrogen-bond donors (Lipinski definition) is 7. The van der Waals surface area contributed by atoms with Gasteiger partial charge in [0.1, 0.15) is 61.2 Å². The highest BCUT2D eigenvalue weighted by Gasteiger charge is 2.37. The first-order valence-corrected chi connectivity index (χ1v) is 23.8. The normalized spacial score (nSPS) is 17.5. The number of ether oxygens (including phenoxy) is 3. The van der Waals surface area contributed by atoms with E-state index in [-0.39, 0.29) is 69.3 Å². The highest BCUT2D eigenvalue weighted by Crippen LogP contribution is 2.40. The van der Waals surface area contributed by atoms with Crippen LogP contribution in [-0.2, 0) is 30.4 Å². The van der Waals surface area contributed by atoms with Crippen molar-refractivity contribution in [2.24, 2.45) is 17.2 Å². The van der Waals surface area contributed by atoms with Crippen LogP contribution in [0.25, 0.3) is 22.5 Å². The molecular formula is C51H63N11O9. The Morgan fingerprint density at radius 2 is 1.51 bits per heavy atom. The number of nitrogens with two attached hydrogens (primary N) is 3. The molecule has 1 fully saturated rings. The van der Waals surface area contributed by atoms with Gasteiger partial charge in [-0.1, -0.05) is 18.6 Å². The molecule has 4 bridgehead atoms. The zero-order valence-electron chi connectivity index (χ0n) is 40.5. The maximum absolute atomic E-state index is 14.9. The smallest absolute Gasteiger partial charge is 0.255 e. The number of carbonyl (C=O) groups is 6. The summed E-state index contributed by atoms with van der Waals surface area (Å²) >= 11 is 0. The summed E-state index contributed by atoms with van der Waals surface area (Å²) in [5.41, 5.74) is 20.4. The molecular weight excluding hydrogens is 911 g/mol. The summed E-state index contributed by atoms with van der Waals surface area (Å²) in [5.74, 6) is -2.59. The molecule has 6 amide bonds. The molecule has 10 N–H and O–H groups in total. The van der Waals surface area contributed by atoms with Crippen molar-refractivity contribution >= 4 is 35.4 Å². The number of primary amides is 1. The third kappa shape index (κ3) is 13.6. The van der Waals surface area contributed by atoms with E-state index in [2.05, 4.69) is 31.2 Å². The van der Waals surface area contributed by atoms with Gasteiger partial charge in [-0.2, -0.15) is 5.26 Å². The Balaban J connectivity index is 1.37. The van der Waals surface area contributed by atoms with Crippen LogP contribution in [0.15, 0.2) is 60.7 Å². The number of rotatable bonds is 18. The van der Waals surface area contributed by atoms with Gasteiger partial charge in [-0.25, -0.2) is 9.97 Å². The van der Waals surface area contributed by atoms with Gasteiger partial charge < -0.3 is 57.6 Å². The average Bonchev–Trinajstić information content (AvgIpc) is 3.35. The maximum Gasteiger partial charge on any atom is 0.255 e. The van der Waals surface area contributed by atoms with Gasteiger partial charge in [-0.3, -0.25) is 28.8 Å². The van der Waals surface area contributed by atoms with Crippen LogP contribution >= 0.6 is 0 Å². The van der Waals surface area contributed by atoms with Crippen molar-refractivity contribution in [1.29, 1.82) is 5.26 Å². The van der Waals surface area contributed by atoms with Gasteiger partial charge in [-0.15, -0.1) is 0 Å². The number of hydrogen-bond acceptors (Lipinski definition) is 14. The van der Waals surface area contributed by atoms with Crippen molar-refractivity contribution in [3.8, 4) is 45.8 Å². The second-order valence-electron chi connectivity index (χ2n) is 17.6. The molecule has 1 aliphatic carbocycles. The number of nitriles is 1. The van der Waals surface area contributed by atoms with Crippen molar-refractivity contribution in [2.45, 2.75) is 102 Å². The first-order valence-electron chi connectivity index (χ1n) is 23.8. The van der Waals surface area contributed by atoms with Crippen LogP contribution in [0, 0.1) is 25.2 Å². The van der Waals surface area contributed by atoms with Gasteiger partial charge >= 0.3 is 0 Å². The Kier molecular flexibility index (Phi) is 18.4. The fraction of sp³-hybridized carbons (Fsp3) is 0.431. The molecule has 0 saturated heterocycles. The predicted molar refractivity (Wildman–Crippen MR) is 262 cm³/mol. The monoisotopic (exact) mass is 973 g/mol. The lowest BCUT2D eigenvalue weighted by atomic mass is 9.93. The van der Waals surface area contributed by atoms with E-state index in [1.54, 1.807) is 50.2 Å². The fourth-order valence-electron chi connectivity index (χ4n) is 8.71. The number of aryl methyl sites for hydroxylation is 2. The van der Waals surface area contributed by atoms with Crippen LogP contribution < -0.4 is 52.7 Å². The number of aromatic nitrogens is 2. The van der Waals surface area contributed by atoms with Crippen LogP contribution in [0.2, 0.25) is 0 Å². The zero-order chi connectivity index (χ0) is 51.2. The molecule has 71 heavy (non-hydrogen) atoms. The van der Waals surface area contributed by atoms with E-state index in [0.29, 0.717) is 51.0 Å². The largest absolute Gasteiger partial charge is 0.492 e. The SMILES string of the molecule is Cc1nc(-c2ccc(OC3CCCCC3)cc2)nc(C)c1C(=O)NC(CCC(N)=O)C(=O)N(C)[C@@H]1C(=O)N[C@@H](C)C(=O)N[C@H](C(=O)NCC#N)Cc2ccc(OCCN)c(c2)-c2cc1ccc2OCCN. The molecule has 6 rings (SSSR count). The first kappa shape index (κ1) is 52.7. The van der Waals surface area contributed by atoms with E-state index in [0.717, 1.165) is 36.3 Å². The summed E-state index contributed by atoms with van der Waals surface area (Å²) in [6.45, 7) is 4.96. The van der Waals surface area contributed by atoms with E-state index < -0.39 is 59.6 Å². The molecule has 376 valence electrons. The highest BCUT2D eigenvalue weighted by atomic mass is 16.5. The summed E-state index contributed by atoms with van der Waals surface area (Å²) in [4.78, 5) is 93.7. The molecule has 0 radical (unpaired) electrons. The quantitative estimate of drug-likeness (QED) is 0.0706. The van der Waals surface area contributed by atoms with Crippen LogP contribution in [0.3, 0.4) is 0 Å². The molecule has 1 unspecified atom stereocenters. The van der Waals surface area contributed by atoms with Crippen molar-refractivity contribution < 1.29 is 43.0 Å². The Morgan fingerprint density at radius 1 is 0.873 bits per heavy atom. The first-order chi connectivity index (χ1) is 34.1. The van der Waals surface area contributed by atoms with Crippen LogP contribution in [-0.4, -0.2) is 114 Å². The minimum atomic E-state index is -1.49. The Morgan fingerprint density at radius 3 is 2.13 bits per heavy atom. The Bertz CT molecular complexity index is 2610. The van der Waals surface area contributed by atoms with Gasteiger partial charge in [-0.05, 0) is 113 Å². The van der Waals surface area contributed by atoms with E-state index in [9.17, 15) is 34.0 Å². The minimum Gasteiger partial charge on any atom is -0.492 e. The molecule has 2 aliphatic rings. The molecule has 1 aromatic heterocycles. The lowest BCUT2D eigenvalue weighted by Gasteiger charge is -2.32. The molecule has 1 aliphatic heterocycles. The lowest BCUT2D eigenvalue weighted by molar-refractivity contribution is -0.141. The third-order valence-electron chi connectivity index (χ3n) is 12.3. The fourth-order valence-corrected chi connectivity index (χ4v) is 8.71. The summed E-state index contributed by atoms with van der Waals surface area (Å²) in [5, 5.41) is 19.8. The van der Waals surface area contributed by atoms with Gasteiger partial charge in [0.15, 0.2) is 5.82 Å². The van der Waals surface area contributed by atoms with E-state index in [1.165, 1.54) is 20.4 Å². The van der Waals surface area contributed by atoms with Crippen molar-refractivity contribution in [3.05, 3.63) is 88.7 Å². The third-order valence-corrected chi connectivity index (χ3v) is 12.3. The van der Waals surface area contributed by atoms with Crippen molar-refractivity contribution in [1.82, 2.24) is 36.1 Å². The van der Waals surface area contributed by atoms with Gasteiger partial charge in [0.05, 0.1) is 29.1 Å². The molecule has 4 atom stereocenters. The number of benzene rings is 3. The van der Waals surface area contributed by atoms with E-state index in [1.807, 2.05) is 30.3 Å². The second-order valence-corrected chi connectivity index (χ2v) is 17.6. The number of nitrogens with one attached hydrogen (secondary N) is 4. The Hall–Kier alpha value is -7.63. The number of fused-ring (bicyclic) bond motifs is 5. The molecule has 3 aromatic carbocycles. The topological polar surface area (TPSA) is 309 Å². The van der Waals surface area contributed by atoms with Crippen molar-refractivity contribution in [3.63, 3.8) is 0 Å². The minimum absolute atomic E-state index is 0.0238. The lowest BCUT2D eigenvalue weighted by Crippen LogP contribution is -2.56. The highest BCUT2D eigenvalue weighted by molar-refractivity contribution is 6.01. The second kappa shape index (κ2) is 24.8. The maximum atomic E-state index is 14.9. The zero-order valence-corrected chi connectivity index (χ0v) is 40.5. The van der Waals surface area contributed by atoms with Gasteiger partial charge in [0, 0.05) is 49.7 Å². The van der Waals surface area contributed by atoms with E-state index >= 15 is 0 Å². The van der Waals surface area contributed by atoms with Gasteiger partial charge in [0.2, 0.25) is 29.5 Å². The molecule has 1 saturated carbocycles. The number of amides is 6. The van der Waals surface area contributed by atoms with Crippen LogP contribution in [0.4, 0.5) is 0 Å². The van der Waals surface area contributed by atoms with E-state index in [4.69, 9.17) is 31.4 Å². The number of nitrogens with zero attached hydrogens (tertiary/aromatic N) is 4. The van der Waals surface area contributed by atoms with Crippen LogP contribution in [0.1, 0.15) is 90.8 Å². The standard InChI is InChI=1S/C51H63N11O9/c1-29-44(30(2)58-46(57-29)33-11-14-36(15-12-33)71-35-8-6-5-7-9-35)49(66)60-39(16-19-43(55)63)51(68)62(4)45-34-13-18-42(70-25-22-54)38(28-34)37-26-32(10-17-41(37)69-24-21-53)27-40(48(65)56-23-20-52)61-47(64)31(3)59-50(45)67/h10-15,17-18,26,28,31,35,39-40,45H,5-9,16,19,21-25,27,53-54H2,1-4H3,(H2,55,63)(H,56,65)(H,59,67)(H,60,66)(H,61,64)/t31-,39?,40-,45-/m0/s1. The summed E-state index contributed by atoms with van der Waals surface area (Å²) < 4.78 is 18.4. The molecule has 20 nitrogen and oxygen atoms in total. The molecule has 20 heteroatoms. The summed E-state index contributed by atoms with van der Waals surface area (Å²) in [6.07, 6.45) is 5.16. The predicted octanol–water partition coefficient (Wildman–Crippen LogP) is 2.56. The van der Waals surface area contributed by atoms with Crippen molar-refractivity contribution in [2.75, 3.05) is 39.9 Å². The molecule has 4 aromatic rings. The summed E-state index contributed by atoms with van der Waals surface area (Å²) in [6, 6.07) is 13.9. The molecule has 2 heterocycles. The summed E-state index contributed by atoms with van der Waals surface area (Å²) in [7, 11) is 1.36. The molecule has 0 spiro atoms. The van der Waals surface area contributed by atoms with Gasteiger partial charge in [0.25, 0.3) is 5.91 Å². The average molecular weight is 974 g/mol. The number of carbonyl (C=O) groups excluding carboxylic acids is 6. The number of likely N-dealkylation sites (N-methyl/N-ethyl adjacent to an activating group) is 1. The van der Waals surface area contributed by atoms with Crippen LogP contribution in [0.5, 0.6) is 17.2 Å².